The van der Waals surface area contributed by atoms with Crippen LogP contribution in [0.25, 0.3) is 0 Å². The lowest BCUT2D eigenvalue weighted by atomic mass is 10.0. The maximum atomic E-state index is 11.2. The van der Waals surface area contributed by atoms with E-state index in [1.807, 2.05) is 0 Å². The first-order valence-corrected chi connectivity index (χ1v) is 5.77. The van der Waals surface area contributed by atoms with Crippen molar-refractivity contribution in [2.24, 2.45) is 0 Å². The van der Waals surface area contributed by atoms with Gasteiger partial charge in [0.1, 0.15) is 36.6 Å². The van der Waals surface area contributed by atoms with Crippen LogP contribution in [-0.2, 0) is 9.47 Å². The van der Waals surface area contributed by atoms with Gasteiger partial charge in [0.05, 0.1) is 6.61 Å². The average molecular weight is 282 g/mol. The molecule has 19 heavy (non-hydrogen) atoms. The van der Waals surface area contributed by atoms with E-state index in [9.17, 15) is 20.1 Å². The lowest BCUT2D eigenvalue weighted by Gasteiger charge is -2.25. The summed E-state index contributed by atoms with van der Waals surface area (Å²) < 4.78 is 9.33. The molecule has 0 spiro atoms. The van der Waals surface area contributed by atoms with Gasteiger partial charge in [-0.3, -0.25) is 0 Å². The molecule has 0 aromatic heterocycles. The zero-order valence-electron chi connectivity index (χ0n) is 11.2. The number of rotatable bonds is 6. The molecule has 0 unspecified atom stereocenters. The summed E-state index contributed by atoms with van der Waals surface area (Å²) in [7, 11) is 0. The summed E-state index contributed by atoms with van der Waals surface area (Å²) in [6.45, 7) is 3.48. The highest BCUT2D eigenvalue weighted by Crippen LogP contribution is 2.10. The number of hydrogen-bond acceptors (Lipinski definition) is 8. The molecule has 4 atom stereocenters. The van der Waals surface area contributed by atoms with Crippen LogP contribution in [0.5, 0.6) is 0 Å². The quantitative estimate of drug-likeness (QED) is 0.366. The highest BCUT2D eigenvalue weighted by molar-refractivity contribution is 5.60. The summed E-state index contributed by atoms with van der Waals surface area (Å²) in [5.74, 6) is 0. The minimum Gasteiger partial charge on any atom is -0.431 e. The van der Waals surface area contributed by atoms with Crippen molar-refractivity contribution >= 4 is 6.16 Å². The Morgan fingerprint density at radius 3 is 1.95 bits per heavy atom. The molecule has 0 radical (unpaired) electrons. The van der Waals surface area contributed by atoms with Crippen molar-refractivity contribution in [3.05, 3.63) is 0 Å². The number of ether oxygens (including phenoxy) is 2. The molecule has 0 aliphatic heterocycles. The van der Waals surface area contributed by atoms with Crippen molar-refractivity contribution in [2.75, 3.05) is 13.2 Å². The number of aliphatic hydroxyl groups is 5. The molecule has 0 aromatic carbocycles. The lowest BCUT2D eigenvalue weighted by molar-refractivity contribution is -0.127. The summed E-state index contributed by atoms with van der Waals surface area (Å²) in [5, 5.41) is 45.8. The molecule has 0 aliphatic carbocycles. The highest BCUT2D eigenvalue weighted by Gasteiger charge is 2.31. The molecule has 0 fully saturated rings. The Hall–Kier alpha value is -0.930. The summed E-state index contributed by atoms with van der Waals surface area (Å²) in [6, 6.07) is 0. The summed E-state index contributed by atoms with van der Waals surface area (Å²) in [5.41, 5.74) is -0.757. The fourth-order valence-electron chi connectivity index (χ4n) is 1.09. The molecular formula is C11H22O8. The van der Waals surface area contributed by atoms with E-state index in [4.69, 9.17) is 14.9 Å². The van der Waals surface area contributed by atoms with Gasteiger partial charge < -0.3 is 35.0 Å². The Labute approximate surface area is 111 Å². The lowest BCUT2D eigenvalue weighted by Crippen LogP contribution is -2.47. The van der Waals surface area contributed by atoms with Gasteiger partial charge in [-0.25, -0.2) is 4.79 Å². The molecule has 0 bridgehead atoms. The third-order valence-corrected chi connectivity index (χ3v) is 2.09. The minimum atomic E-state index is -1.77. The van der Waals surface area contributed by atoms with Crippen LogP contribution in [0.3, 0.4) is 0 Å². The topological polar surface area (TPSA) is 137 Å². The number of carbonyl (C=O) groups excluding carboxylic acids is 1. The van der Waals surface area contributed by atoms with Crippen molar-refractivity contribution in [3.63, 3.8) is 0 Å². The predicted octanol–water partition coefficient (Wildman–Crippen LogP) is -1.63. The number of aliphatic hydroxyl groups excluding tert-OH is 5. The second-order valence-electron chi connectivity index (χ2n) is 5.07. The van der Waals surface area contributed by atoms with Crippen LogP contribution in [0.2, 0.25) is 0 Å². The Kier molecular flexibility index (Phi) is 7.24. The molecular weight excluding hydrogens is 260 g/mol. The van der Waals surface area contributed by atoms with E-state index in [2.05, 4.69) is 4.74 Å². The van der Waals surface area contributed by atoms with Crippen molar-refractivity contribution in [1.29, 1.82) is 0 Å². The monoisotopic (exact) mass is 282 g/mol. The van der Waals surface area contributed by atoms with Gasteiger partial charge in [-0.15, -0.1) is 0 Å². The van der Waals surface area contributed by atoms with E-state index < -0.39 is 49.4 Å². The maximum absolute atomic E-state index is 11.2. The molecule has 0 aliphatic rings. The Morgan fingerprint density at radius 2 is 1.53 bits per heavy atom. The smallest absolute Gasteiger partial charge is 0.431 e. The zero-order valence-corrected chi connectivity index (χ0v) is 11.2. The van der Waals surface area contributed by atoms with Crippen molar-refractivity contribution in [1.82, 2.24) is 0 Å². The SMILES string of the molecule is CC(C)(C)OC(=O)OC[C@@H](O)[C@@H](O)[C@H](O)[C@H](O)CO. The maximum Gasteiger partial charge on any atom is 0.508 e. The van der Waals surface area contributed by atoms with E-state index in [0.29, 0.717) is 0 Å². The van der Waals surface area contributed by atoms with Gasteiger partial charge >= 0.3 is 6.16 Å². The molecule has 0 amide bonds. The van der Waals surface area contributed by atoms with Crippen LogP contribution in [0.4, 0.5) is 4.79 Å². The normalized spacial score (nSPS) is 18.3. The van der Waals surface area contributed by atoms with E-state index >= 15 is 0 Å². The number of carbonyl (C=O) groups is 1. The second-order valence-corrected chi connectivity index (χ2v) is 5.07. The van der Waals surface area contributed by atoms with Crippen molar-refractivity contribution in [3.8, 4) is 0 Å². The van der Waals surface area contributed by atoms with Crippen LogP contribution in [0.1, 0.15) is 20.8 Å². The van der Waals surface area contributed by atoms with Crippen LogP contribution >= 0.6 is 0 Å². The van der Waals surface area contributed by atoms with Gasteiger partial charge in [-0.2, -0.15) is 0 Å². The van der Waals surface area contributed by atoms with Gasteiger partial charge in [0, 0.05) is 0 Å². The summed E-state index contributed by atoms with van der Waals surface area (Å²) in [6.07, 6.45) is -7.79. The summed E-state index contributed by atoms with van der Waals surface area (Å²) in [4.78, 5) is 11.2. The van der Waals surface area contributed by atoms with E-state index in [0.717, 1.165) is 0 Å². The van der Waals surface area contributed by atoms with E-state index in [1.165, 1.54) is 0 Å². The molecule has 0 saturated heterocycles. The van der Waals surface area contributed by atoms with Crippen LogP contribution in [0.15, 0.2) is 0 Å². The fourth-order valence-corrected chi connectivity index (χ4v) is 1.09. The van der Waals surface area contributed by atoms with Gasteiger partial charge in [0.2, 0.25) is 0 Å². The first kappa shape index (κ1) is 18.1. The molecule has 0 heterocycles. The second kappa shape index (κ2) is 7.61. The Balaban J connectivity index is 4.17. The largest absolute Gasteiger partial charge is 0.508 e. The van der Waals surface area contributed by atoms with Crippen LogP contribution < -0.4 is 0 Å². The molecule has 8 heteroatoms. The third kappa shape index (κ3) is 7.28. The average Bonchev–Trinajstić information content (AvgIpc) is 2.30. The van der Waals surface area contributed by atoms with Crippen molar-refractivity contribution < 1.29 is 39.8 Å². The van der Waals surface area contributed by atoms with Gasteiger partial charge in [-0.05, 0) is 20.8 Å². The van der Waals surface area contributed by atoms with Crippen LogP contribution in [-0.4, -0.2) is 74.9 Å². The van der Waals surface area contributed by atoms with E-state index in [-0.39, 0.29) is 0 Å². The molecule has 114 valence electrons. The van der Waals surface area contributed by atoms with Crippen LogP contribution in [0, 0.1) is 0 Å². The molecule has 8 nitrogen and oxygen atoms in total. The van der Waals surface area contributed by atoms with E-state index in [1.54, 1.807) is 20.8 Å². The first-order chi connectivity index (χ1) is 8.58. The fraction of sp³-hybridized carbons (Fsp3) is 0.909. The van der Waals surface area contributed by atoms with Gasteiger partial charge in [0.15, 0.2) is 0 Å². The highest BCUT2D eigenvalue weighted by atomic mass is 16.7. The predicted molar refractivity (Wildman–Crippen MR) is 63.3 cm³/mol. The third-order valence-electron chi connectivity index (χ3n) is 2.09. The summed E-state index contributed by atoms with van der Waals surface area (Å²) >= 11 is 0. The minimum absolute atomic E-state index is 0.620. The Bertz CT molecular complexity index is 274. The first-order valence-electron chi connectivity index (χ1n) is 5.77. The molecule has 0 aromatic rings. The van der Waals surface area contributed by atoms with Gasteiger partial charge in [0.25, 0.3) is 0 Å². The standard InChI is InChI=1S/C11H22O8/c1-11(2,3)19-10(17)18-5-7(14)9(16)8(15)6(13)4-12/h6-9,12-16H,4-5H2,1-3H3/t6-,7-,8-,9-/m1/s1. The zero-order chi connectivity index (χ0) is 15.2. The Morgan fingerprint density at radius 1 is 1.05 bits per heavy atom. The molecule has 0 saturated carbocycles. The van der Waals surface area contributed by atoms with Crippen molar-refractivity contribution in [2.45, 2.75) is 50.8 Å². The molecule has 0 rings (SSSR count). The molecule has 5 N–H and O–H groups in total. The number of hydrogen-bond donors (Lipinski definition) is 5. The van der Waals surface area contributed by atoms with Gasteiger partial charge in [-0.1, -0.05) is 0 Å².